The second kappa shape index (κ2) is 6.63. The van der Waals surface area contributed by atoms with Gasteiger partial charge >= 0.3 is 0 Å². The number of hydrogen-bond donors (Lipinski definition) is 1. The molecular weight excluding hydrogens is 334 g/mol. The first kappa shape index (κ1) is 14.6. The van der Waals surface area contributed by atoms with Gasteiger partial charge in [-0.3, -0.25) is 0 Å². The smallest absolute Gasteiger partial charge is 0.0405 e. The van der Waals surface area contributed by atoms with E-state index in [9.17, 15) is 0 Å². The van der Waals surface area contributed by atoms with Crippen LogP contribution in [0.1, 0.15) is 16.7 Å². The number of hydrogen-bond acceptors (Lipinski definition) is 1. The lowest BCUT2D eigenvalue weighted by Crippen LogP contribution is -1.95. The number of anilines is 1. The van der Waals surface area contributed by atoms with Crippen molar-refractivity contribution in [3.05, 3.63) is 100 Å². The lowest BCUT2D eigenvalue weighted by molar-refractivity contribution is 1.53. The van der Waals surface area contributed by atoms with Crippen LogP contribution in [0, 0.1) is 0 Å². The second-order valence-electron chi connectivity index (χ2n) is 5.07. The zero-order chi connectivity index (χ0) is 15.4. The van der Waals surface area contributed by atoms with Crippen LogP contribution >= 0.6 is 15.9 Å². The molecule has 22 heavy (non-hydrogen) atoms. The van der Waals surface area contributed by atoms with Crippen LogP contribution in [-0.4, -0.2) is 0 Å². The molecule has 1 nitrogen and oxygen atoms in total. The number of halogens is 1. The van der Waals surface area contributed by atoms with Crippen LogP contribution in [0.15, 0.2) is 83.3 Å². The van der Waals surface area contributed by atoms with E-state index in [1.165, 1.54) is 0 Å². The van der Waals surface area contributed by atoms with Crippen LogP contribution < -0.4 is 5.73 Å². The molecule has 0 saturated heterocycles. The standard InChI is InChI=1S/C20H16BrN/c21-17-11-12-18(20(22)14-17)19(16-9-5-2-6-10-16)13-15-7-3-1-4-8-15/h1-14H,22H2. The van der Waals surface area contributed by atoms with E-state index >= 15 is 0 Å². The third-order valence-corrected chi connectivity index (χ3v) is 3.99. The Labute approximate surface area is 139 Å². The Kier molecular flexibility index (Phi) is 4.40. The highest BCUT2D eigenvalue weighted by Gasteiger charge is 2.09. The summed E-state index contributed by atoms with van der Waals surface area (Å²) < 4.78 is 0.987. The fourth-order valence-corrected chi connectivity index (χ4v) is 2.81. The van der Waals surface area contributed by atoms with Crippen LogP contribution in [0.3, 0.4) is 0 Å². The molecule has 2 heteroatoms. The van der Waals surface area contributed by atoms with Crippen LogP contribution in [0.5, 0.6) is 0 Å². The second-order valence-corrected chi connectivity index (χ2v) is 5.98. The molecule has 0 aromatic heterocycles. The van der Waals surface area contributed by atoms with Crippen molar-refractivity contribution in [2.45, 2.75) is 0 Å². The first-order chi connectivity index (χ1) is 10.7. The van der Waals surface area contributed by atoms with Gasteiger partial charge in [-0.2, -0.15) is 0 Å². The predicted octanol–water partition coefficient (Wildman–Crippen LogP) is 5.62. The molecule has 0 radical (unpaired) electrons. The molecular formula is C20H16BrN. The molecule has 0 fully saturated rings. The summed E-state index contributed by atoms with van der Waals surface area (Å²) >= 11 is 3.47. The van der Waals surface area contributed by atoms with E-state index in [2.05, 4.69) is 52.3 Å². The minimum absolute atomic E-state index is 0.764. The van der Waals surface area contributed by atoms with Gasteiger partial charge in [0.15, 0.2) is 0 Å². The van der Waals surface area contributed by atoms with Gasteiger partial charge in [-0.1, -0.05) is 82.7 Å². The van der Waals surface area contributed by atoms with Gasteiger partial charge in [-0.15, -0.1) is 0 Å². The quantitative estimate of drug-likeness (QED) is 0.481. The maximum Gasteiger partial charge on any atom is 0.0405 e. The van der Waals surface area contributed by atoms with Gasteiger partial charge in [0.25, 0.3) is 0 Å². The fraction of sp³-hybridized carbons (Fsp3) is 0. The Hall–Kier alpha value is -2.32. The number of rotatable bonds is 3. The van der Waals surface area contributed by atoms with Gasteiger partial charge in [-0.05, 0) is 34.9 Å². The summed E-state index contributed by atoms with van der Waals surface area (Å²) in [6.07, 6.45) is 2.18. The normalized spacial score (nSPS) is 11.4. The molecule has 2 N–H and O–H groups in total. The van der Waals surface area contributed by atoms with Crippen LogP contribution in [0.25, 0.3) is 11.6 Å². The lowest BCUT2D eigenvalue weighted by atomic mass is 9.94. The van der Waals surface area contributed by atoms with Crippen molar-refractivity contribution in [3.8, 4) is 0 Å². The summed E-state index contributed by atoms with van der Waals surface area (Å²) in [5.74, 6) is 0. The minimum atomic E-state index is 0.764. The summed E-state index contributed by atoms with van der Waals surface area (Å²) in [5, 5.41) is 0. The number of benzene rings is 3. The SMILES string of the molecule is Nc1cc(Br)ccc1C(=Cc1ccccc1)c1ccccc1. The van der Waals surface area contributed by atoms with Crippen molar-refractivity contribution in [1.82, 2.24) is 0 Å². The third kappa shape index (κ3) is 3.29. The van der Waals surface area contributed by atoms with Gasteiger partial charge < -0.3 is 5.73 Å². The van der Waals surface area contributed by atoms with Crippen LogP contribution in [0.2, 0.25) is 0 Å². The highest BCUT2D eigenvalue weighted by molar-refractivity contribution is 9.10. The average molecular weight is 350 g/mol. The molecule has 0 aliphatic carbocycles. The first-order valence-electron chi connectivity index (χ1n) is 7.11. The summed E-state index contributed by atoms with van der Waals surface area (Å²) in [4.78, 5) is 0. The van der Waals surface area contributed by atoms with E-state index in [0.717, 1.165) is 32.4 Å². The Bertz CT molecular complexity index is 792. The fourth-order valence-electron chi connectivity index (χ4n) is 2.43. The number of nitrogens with two attached hydrogens (primary N) is 1. The molecule has 3 rings (SSSR count). The third-order valence-electron chi connectivity index (χ3n) is 3.50. The van der Waals surface area contributed by atoms with Gasteiger partial charge in [0, 0.05) is 15.7 Å². The van der Waals surface area contributed by atoms with Gasteiger partial charge in [-0.25, -0.2) is 0 Å². The molecule has 0 aliphatic heterocycles. The molecule has 0 unspecified atom stereocenters. The van der Waals surface area contributed by atoms with Crippen LogP contribution in [-0.2, 0) is 0 Å². The van der Waals surface area contributed by atoms with Crippen molar-refractivity contribution >= 4 is 33.3 Å². The van der Waals surface area contributed by atoms with E-state index in [1.807, 2.05) is 48.5 Å². The monoisotopic (exact) mass is 349 g/mol. The summed E-state index contributed by atoms with van der Waals surface area (Å²) in [5.41, 5.74) is 11.5. The summed E-state index contributed by atoms with van der Waals surface area (Å²) in [7, 11) is 0. The molecule has 0 bridgehead atoms. The van der Waals surface area contributed by atoms with Crippen molar-refractivity contribution in [1.29, 1.82) is 0 Å². The molecule has 0 saturated carbocycles. The van der Waals surface area contributed by atoms with E-state index in [0.29, 0.717) is 0 Å². The lowest BCUT2D eigenvalue weighted by Gasteiger charge is -2.12. The largest absolute Gasteiger partial charge is 0.398 e. The van der Waals surface area contributed by atoms with Gasteiger partial charge in [0.05, 0.1) is 0 Å². The first-order valence-corrected chi connectivity index (χ1v) is 7.91. The Morgan fingerprint density at radius 3 is 2.09 bits per heavy atom. The van der Waals surface area contributed by atoms with E-state index < -0.39 is 0 Å². The maximum absolute atomic E-state index is 6.24. The van der Waals surface area contributed by atoms with Crippen molar-refractivity contribution in [3.63, 3.8) is 0 Å². The van der Waals surface area contributed by atoms with Crippen LogP contribution in [0.4, 0.5) is 5.69 Å². The molecule has 0 amide bonds. The summed E-state index contributed by atoms with van der Waals surface area (Å²) in [6.45, 7) is 0. The molecule has 108 valence electrons. The highest BCUT2D eigenvalue weighted by atomic mass is 79.9. The van der Waals surface area contributed by atoms with E-state index in [1.54, 1.807) is 0 Å². The molecule has 0 heterocycles. The van der Waals surface area contributed by atoms with Crippen molar-refractivity contribution < 1.29 is 0 Å². The minimum Gasteiger partial charge on any atom is -0.398 e. The van der Waals surface area contributed by atoms with Gasteiger partial charge in [0.2, 0.25) is 0 Å². The molecule has 0 spiro atoms. The van der Waals surface area contributed by atoms with Crippen molar-refractivity contribution in [2.75, 3.05) is 5.73 Å². The Morgan fingerprint density at radius 2 is 1.45 bits per heavy atom. The van der Waals surface area contributed by atoms with E-state index in [4.69, 9.17) is 5.73 Å². The van der Waals surface area contributed by atoms with E-state index in [-0.39, 0.29) is 0 Å². The van der Waals surface area contributed by atoms with Gasteiger partial charge in [0.1, 0.15) is 0 Å². The maximum atomic E-state index is 6.24. The Morgan fingerprint density at radius 1 is 0.818 bits per heavy atom. The highest BCUT2D eigenvalue weighted by Crippen LogP contribution is 2.31. The average Bonchev–Trinajstić information content (AvgIpc) is 2.55. The molecule has 0 aliphatic rings. The topological polar surface area (TPSA) is 26.0 Å². The predicted molar refractivity (Wildman–Crippen MR) is 98.4 cm³/mol. The molecule has 0 atom stereocenters. The zero-order valence-corrected chi connectivity index (χ0v) is 13.6. The summed E-state index contributed by atoms with van der Waals surface area (Å²) in [6, 6.07) is 26.6. The zero-order valence-electron chi connectivity index (χ0n) is 12.0. The molecule has 3 aromatic rings. The van der Waals surface area contributed by atoms with Crippen molar-refractivity contribution in [2.24, 2.45) is 0 Å². The molecule has 3 aromatic carbocycles. The number of nitrogen functional groups attached to an aromatic ring is 1. The Balaban J connectivity index is 2.17.